The molecule has 1 N–H and O–H groups in total. The molecule has 0 saturated heterocycles. The number of esters is 1. The number of para-hydroxylation sites is 1. The number of pyridine rings is 1. The van der Waals surface area contributed by atoms with Crippen LogP contribution in [0.2, 0.25) is 0 Å². The van der Waals surface area contributed by atoms with Crippen molar-refractivity contribution in [2.24, 2.45) is 0 Å². The highest BCUT2D eigenvalue weighted by Crippen LogP contribution is 2.23. The summed E-state index contributed by atoms with van der Waals surface area (Å²) in [5, 5.41) is 0.979. The van der Waals surface area contributed by atoms with Crippen molar-refractivity contribution in [3.05, 3.63) is 42.1 Å². The number of hydrogen-bond donors (Lipinski definition) is 1. The lowest BCUT2D eigenvalue weighted by atomic mass is 10.0. The quantitative estimate of drug-likeness (QED) is 0.814. The van der Waals surface area contributed by atoms with Gasteiger partial charge in [0.2, 0.25) is 0 Å². The highest BCUT2D eigenvalue weighted by atomic mass is 32.2. The van der Waals surface area contributed by atoms with Gasteiger partial charge in [-0.1, -0.05) is 18.2 Å². The van der Waals surface area contributed by atoms with Gasteiger partial charge >= 0.3 is 5.97 Å². The topological polar surface area (TPSA) is 68.3 Å². The first-order valence-electron chi connectivity index (χ1n) is 7.99. The van der Waals surface area contributed by atoms with Crippen LogP contribution in [0, 0.1) is 0 Å². The monoisotopic (exact) mass is 348 g/mol. The molecule has 1 unspecified atom stereocenters. The Kier molecular flexibility index (Phi) is 6.07. The van der Waals surface area contributed by atoms with Gasteiger partial charge in [0.1, 0.15) is 0 Å². The zero-order valence-electron chi connectivity index (χ0n) is 14.5. The van der Waals surface area contributed by atoms with Crippen LogP contribution in [0.4, 0.5) is 0 Å². The number of carbonyl (C=O) groups is 1. The number of fused-ring (bicyclic) bond motifs is 1. The van der Waals surface area contributed by atoms with E-state index in [0.717, 1.165) is 16.5 Å². The molecule has 1 heterocycles. The Bertz CT molecular complexity index is 740. The van der Waals surface area contributed by atoms with Gasteiger partial charge in [-0.3, -0.25) is 9.78 Å². The molecule has 0 aliphatic heterocycles. The average Bonchev–Trinajstić information content (AvgIpc) is 2.53. The van der Waals surface area contributed by atoms with E-state index in [4.69, 9.17) is 4.74 Å². The molecule has 0 saturated carbocycles. The lowest BCUT2D eigenvalue weighted by molar-refractivity contribution is -0.143. The summed E-state index contributed by atoms with van der Waals surface area (Å²) in [6.45, 7) is 7.75. The second-order valence-electron chi connectivity index (χ2n) is 6.52. The van der Waals surface area contributed by atoms with Gasteiger partial charge in [0.05, 0.1) is 40.3 Å². The van der Waals surface area contributed by atoms with Crippen molar-refractivity contribution in [3.63, 3.8) is 0 Å². The zero-order chi connectivity index (χ0) is 17.7. The number of rotatable bonds is 6. The third-order valence-corrected chi connectivity index (χ3v) is 5.11. The maximum atomic E-state index is 12.5. The highest BCUT2D eigenvalue weighted by molar-refractivity contribution is 7.84. The first kappa shape index (κ1) is 18.5. The predicted octanol–water partition coefficient (Wildman–Crippen LogP) is 3.28. The van der Waals surface area contributed by atoms with Crippen molar-refractivity contribution in [1.82, 2.24) is 9.71 Å². The Morgan fingerprint density at radius 1 is 1.33 bits per heavy atom. The molecule has 6 heteroatoms. The molecule has 2 atom stereocenters. The van der Waals surface area contributed by atoms with E-state index in [1.165, 1.54) is 0 Å². The average molecular weight is 348 g/mol. The molecule has 5 nitrogen and oxygen atoms in total. The van der Waals surface area contributed by atoms with Crippen molar-refractivity contribution in [1.29, 1.82) is 0 Å². The smallest absolute Gasteiger partial charge is 0.307 e. The molecule has 0 spiro atoms. The summed E-state index contributed by atoms with van der Waals surface area (Å²) in [6.07, 6.45) is 1.83. The number of nitrogens with one attached hydrogen (secondary N) is 1. The number of benzene rings is 1. The summed E-state index contributed by atoms with van der Waals surface area (Å²) in [5.74, 6) is -0.325. The number of nitrogens with zero attached hydrogens (tertiary/aromatic N) is 1. The molecule has 1 aromatic carbocycles. The van der Waals surface area contributed by atoms with E-state index in [0.29, 0.717) is 6.61 Å². The van der Waals surface area contributed by atoms with E-state index in [2.05, 4.69) is 9.71 Å². The lowest BCUT2D eigenvalue weighted by Gasteiger charge is -2.24. The summed E-state index contributed by atoms with van der Waals surface area (Å²) >= 11 is 0. The SMILES string of the molecule is CCOC(=O)C[C@H](NS(=O)C(C)(C)C)c1cnc2ccccc2c1. The van der Waals surface area contributed by atoms with Crippen molar-refractivity contribution < 1.29 is 13.7 Å². The second kappa shape index (κ2) is 7.85. The largest absolute Gasteiger partial charge is 0.466 e. The first-order valence-corrected chi connectivity index (χ1v) is 9.14. The molecule has 2 aromatic rings. The third kappa shape index (κ3) is 4.85. The van der Waals surface area contributed by atoms with Gasteiger partial charge in [-0.15, -0.1) is 0 Å². The normalized spacial score (nSPS) is 14.3. The molecule has 0 aliphatic carbocycles. The zero-order valence-corrected chi connectivity index (χ0v) is 15.4. The number of aromatic nitrogens is 1. The van der Waals surface area contributed by atoms with Crippen molar-refractivity contribution in [3.8, 4) is 0 Å². The van der Waals surface area contributed by atoms with E-state index in [9.17, 15) is 9.00 Å². The standard InChI is InChI=1S/C18H24N2O3S/c1-5-23-17(21)11-16(20-24(22)18(2,3)4)14-10-13-8-6-7-9-15(13)19-12-14/h6-10,12,16,20H,5,11H2,1-4H3/t16-,24?/m0/s1. The Morgan fingerprint density at radius 3 is 2.71 bits per heavy atom. The van der Waals surface area contributed by atoms with E-state index in [1.54, 1.807) is 13.1 Å². The molecule has 2 rings (SSSR count). The van der Waals surface area contributed by atoms with E-state index < -0.39 is 21.8 Å². The van der Waals surface area contributed by atoms with Crippen LogP contribution in [0.1, 0.15) is 45.7 Å². The molecule has 0 aliphatic rings. The second-order valence-corrected chi connectivity index (χ2v) is 8.52. The lowest BCUT2D eigenvalue weighted by Crippen LogP contribution is -2.36. The van der Waals surface area contributed by atoms with Crippen LogP contribution in [0.25, 0.3) is 10.9 Å². The maximum absolute atomic E-state index is 12.5. The Balaban J connectivity index is 2.31. The minimum Gasteiger partial charge on any atom is -0.466 e. The van der Waals surface area contributed by atoms with Crippen LogP contribution in [0.3, 0.4) is 0 Å². The fourth-order valence-corrected chi connectivity index (χ4v) is 3.03. The summed E-state index contributed by atoms with van der Waals surface area (Å²) in [6, 6.07) is 9.32. The van der Waals surface area contributed by atoms with E-state index >= 15 is 0 Å². The van der Waals surface area contributed by atoms with Gasteiger partial charge in [0.25, 0.3) is 0 Å². The van der Waals surface area contributed by atoms with Crippen LogP contribution in [-0.2, 0) is 20.5 Å². The fourth-order valence-electron chi connectivity index (χ4n) is 2.20. The van der Waals surface area contributed by atoms with E-state index in [-0.39, 0.29) is 12.4 Å². The van der Waals surface area contributed by atoms with Gasteiger partial charge < -0.3 is 4.74 Å². The fraction of sp³-hybridized carbons (Fsp3) is 0.444. The van der Waals surface area contributed by atoms with Gasteiger partial charge in [-0.25, -0.2) is 8.93 Å². The number of hydrogen-bond acceptors (Lipinski definition) is 4. The van der Waals surface area contributed by atoms with Crippen LogP contribution in [0.5, 0.6) is 0 Å². The third-order valence-electron chi connectivity index (χ3n) is 3.50. The molecule has 24 heavy (non-hydrogen) atoms. The van der Waals surface area contributed by atoms with E-state index in [1.807, 2.05) is 51.1 Å². The summed E-state index contributed by atoms with van der Waals surface area (Å²) in [7, 11) is -1.31. The summed E-state index contributed by atoms with van der Waals surface area (Å²) in [5.41, 5.74) is 1.70. The van der Waals surface area contributed by atoms with Crippen molar-refractivity contribution >= 4 is 27.9 Å². The highest BCUT2D eigenvalue weighted by Gasteiger charge is 2.26. The van der Waals surface area contributed by atoms with Gasteiger partial charge in [-0.2, -0.15) is 0 Å². The minimum absolute atomic E-state index is 0.107. The van der Waals surface area contributed by atoms with Gasteiger partial charge in [0.15, 0.2) is 0 Å². The molecular formula is C18H24N2O3S. The Hall–Kier alpha value is -1.79. The van der Waals surface area contributed by atoms with Gasteiger partial charge in [0, 0.05) is 11.6 Å². The maximum Gasteiger partial charge on any atom is 0.307 e. The molecular weight excluding hydrogens is 324 g/mol. The van der Waals surface area contributed by atoms with Crippen LogP contribution < -0.4 is 4.72 Å². The van der Waals surface area contributed by atoms with Crippen molar-refractivity contribution in [2.45, 2.75) is 44.9 Å². The molecule has 130 valence electrons. The number of carbonyl (C=O) groups excluding carboxylic acids is 1. The van der Waals surface area contributed by atoms with Crippen molar-refractivity contribution in [2.75, 3.05) is 6.61 Å². The minimum atomic E-state index is -1.31. The van der Waals surface area contributed by atoms with Crippen LogP contribution in [0.15, 0.2) is 36.5 Å². The van der Waals surface area contributed by atoms with Crippen LogP contribution >= 0.6 is 0 Å². The molecule has 0 radical (unpaired) electrons. The summed E-state index contributed by atoms with van der Waals surface area (Å²) in [4.78, 5) is 16.4. The Morgan fingerprint density at radius 2 is 2.04 bits per heavy atom. The predicted molar refractivity (Wildman–Crippen MR) is 96.8 cm³/mol. The molecule has 0 bridgehead atoms. The van der Waals surface area contributed by atoms with Gasteiger partial charge in [-0.05, 0) is 45.4 Å². The summed E-state index contributed by atoms with van der Waals surface area (Å²) < 4.78 is 20.2. The molecule has 1 aromatic heterocycles. The molecule has 0 fully saturated rings. The Labute approximate surface area is 145 Å². The number of ether oxygens (including phenoxy) is 1. The first-order chi connectivity index (χ1) is 11.3. The molecule has 0 amide bonds. The van der Waals surface area contributed by atoms with Crippen LogP contribution in [-0.4, -0.2) is 26.5 Å².